The van der Waals surface area contributed by atoms with Gasteiger partial charge in [-0.2, -0.15) is 8.42 Å². The Labute approximate surface area is 108 Å². The third-order valence-corrected chi connectivity index (χ3v) is 1.45. The Morgan fingerprint density at radius 1 is 0.833 bits per heavy atom. The average Bonchev–Trinajstić information content (AvgIpc) is 2.22. The van der Waals surface area contributed by atoms with Crippen LogP contribution in [-0.2, 0) is 8.26 Å². The summed E-state index contributed by atoms with van der Waals surface area (Å²) in [6.45, 7) is 2.93. The summed E-state index contributed by atoms with van der Waals surface area (Å²) in [6, 6.07) is 0. The Hall–Kier alpha value is -0.860. The summed E-state index contributed by atoms with van der Waals surface area (Å²) in [4.78, 5) is 0. The fraction of sp³-hybridized carbons (Fsp3) is 0. The molecule has 0 N–H and O–H groups in total. The molecule has 102 valence electrons. The monoisotopic (exact) mass is 328 g/mol. The van der Waals surface area contributed by atoms with Crippen LogP contribution in [0.5, 0.6) is 0 Å². The highest BCUT2D eigenvalue weighted by molar-refractivity contribution is 8.31. The summed E-state index contributed by atoms with van der Waals surface area (Å²) in [7, 11) is 4.81. The van der Waals surface area contributed by atoms with Crippen LogP contribution in [0.15, 0.2) is 6.58 Å². The van der Waals surface area contributed by atoms with Crippen LogP contribution in [0.4, 0.5) is 22.0 Å². The van der Waals surface area contributed by atoms with Crippen LogP contribution in [0.2, 0.25) is 0 Å². The summed E-state index contributed by atoms with van der Waals surface area (Å²) in [5, 5.41) is 0. The van der Waals surface area contributed by atoms with Gasteiger partial charge >= 0.3 is 8.26 Å². The SMILES string of the molecule is C=Cc1c(F)c(F)c(F)c(F)c1F.O=S(=O)(Cl)Cl. The van der Waals surface area contributed by atoms with Crippen molar-refractivity contribution in [3.05, 3.63) is 41.2 Å². The van der Waals surface area contributed by atoms with Crippen molar-refractivity contribution in [1.29, 1.82) is 0 Å². The number of rotatable bonds is 1. The van der Waals surface area contributed by atoms with Crippen LogP contribution < -0.4 is 0 Å². The molecule has 0 atom stereocenters. The van der Waals surface area contributed by atoms with Crippen molar-refractivity contribution < 1.29 is 30.4 Å². The molecule has 0 radical (unpaired) electrons. The molecule has 0 aliphatic carbocycles. The highest BCUT2D eigenvalue weighted by atomic mass is 36.0. The van der Waals surface area contributed by atoms with Gasteiger partial charge in [-0.25, -0.2) is 22.0 Å². The molecule has 18 heavy (non-hydrogen) atoms. The fourth-order valence-corrected chi connectivity index (χ4v) is 0.801. The summed E-state index contributed by atoms with van der Waals surface area (Å²) in [5.74, 6) is -9.83. The lowest BCUT2D eigenvalue weighted by Crippen LogP contribution is -2.03. The molecule has 0 bridgehead atoms. The second kappa shape index (κ2) is 6.35. The van der Waals surface area contributed by atoms with Crippen molar-refractivity contribution in [1.82, 2.24) is 0 Å². The highest BCUT2D eigenvalue weighted by Crippen LogP contribution is 2.23. The lowest BCUT2D eigenvalue weighted by atomic mass is 10.1. The van der Waals surface area contributed by atoms with Crippen LogP contribution in [0.25, 0.3) is 6.08 Å². The van der Waals surface area contributed by atoms with Gasteiger partial charge in [0, 0.05) is 21.4 Å². The molecule has 0 aromatic heterocycles. The first-order valence-corrected chi connectivity index (χ1v) is 6.92. The maximum absolute atomic E-state index is 12.6. The largest absolute Gasteiger partial charge is 0.317 e. The topological polar surface area (TPSA) is 34.1 Å². The van der Waals surface area contributed by atoms with E-state index >= 15 is 0 Å². The molecule has 0 spiro atoms. The quantitative estimate of drug-likeness (QED) is 0.340. The number of halogens is 7. The van der Waals surface area contributed by atoms with Crippen LogP contribution in [0.3, 0.4) is 0 Å². The third-order valence-electron chi connectivity index (χ3n) is 1.45. The summed E-state index contributed by atoms with van der Waals surface area (Å²) < 4.78 is 80.7. The van der Waals surface area contributed by atoms with Gasteiger partial charge in [-0.15, -0.1) is 0 Å². The molecule has 10 heteroatoms. The second-order valence-electron chi connectivity index (χ2n) is 2.57. The molecule has 0 saturated carbocycles. The van der Waals surface area contributed by atoms with Crippen LogP contribution in [0, 0.1) is 29.1 Å². The Balaban J connectivity index is 0.000000494. The van der Waals surface area contributed by atoms with E-state index in [4.69, 9.17) is 8.42 Å². The molecule has 2 nitrogen and oxygen atoms in total. The van der Waals surface area contributed by atoms with Gasteiger partial charge in [0.05, 0.1) is 5.56 Å². The van der Waals surface area contributed by atoms with E-state index in [1.165, 1.54) is 0 Å². The van der Waals surface area contributed by atoms with Gasteiger partial charge in [0.25, 0.3) is 0 Å². The molecular weight excluding hydrogens is 326 g/mol. The van der Waals surface area contributed by atoms with E-state index in [2.05, 4.69) is 27.9 Å². The van der Waals surface area contributed by atoms with Crippen LogP contribution >= 0.6 is 21.4 Å². The van der Waals surface area contributed by atoms with Crippen molar-refractivity contribution in [2.24, 2.45) is 0 Å². The van der Waals surface area contributed by atoms with Crippen LogP contribution in [0.1, 0.15) is 5.56 Å². The molecular formula is C8H3Cl2F5O2S. The normalized spacial score (nSPS) is 10.6. The Morgan fingerprint density at radius 2 is 1.06 bits per heavy atom. The zero-order chi connectivity index (χ0) is 14.7. The van der Waals surface area contributed by atoms with Crippen LogP contribution in [-0.4, -0.2) is 8.42 Å². The van der Waals surface area contributed by atoms with Gasteiger partial charge in [0.1, 0.15) is 0 Å². The maximum atomic E-state index is 12.6. The number of hydrogen-bond acceptors (Lipinski definition) is 2. The molecule has 1 rings (SSSR count). The second-order valence-corrected chi connectivity index (χ2v) is 6.23. The zero-order valence-corrected chi connectivity index (χ0v) is 10.5. The van der Waals surface area contributed by atoms with E-state index in [9.17, 15) is 22.0 Å². The van der Waals surface area contributed by atoms with E-state index in [0.29, 0.717) is 6.08 Å². The molecule has 0 aliphatic rings. The van der Waals surface area contributed by atoms with E-state index in [1.807, 2.05) is 0 Å². The maximum Gasteiger partial charge on any atom is 0.317 e. The van der Waals surface area contributed by atoms with Gasteiger partial charge in [0.2, 0.25) is 5.82 Å². The predicted octanol–water partition coefficient (Wildman–Crippen LogP) is 3.73. The Bertz CT molecular complexity index is 536. The zero-order valence-electron chi connectivity index (χ0n) is 8.15. The first-order chi connectivity index (χ1) is 8.00. The van der Waals surface area contributed by atoms with Gasteiger partial charge in [-0.1, -0.05) is 12.7 Å². The summed E-state index contributed by atoms with van der Waals surface area (Å²) in [6.07, 6.45) is 0.566. The van der Waals surface area contributed by atoms with Crippen molar-refractivity contribution in [2.75, 3.05) is 0 Å². The lowest BCUT2D eigenvalue weighted by Gasteiger charge is -2.02. The first kappa shape index (κ1) is 17.1. The summed E-state index contributed by atoms with van der Waals surface area (Å²) in [5.41, 5.74) is -1.02. The smallest absolute Gasteiger partial charge is 0.203 e. The minimum Gasteiger partial charge on any atom is -0.203 e. The van der Waals surface area contributed by atoms with Crippen molar-refractivity contribution >= 4 is 35.7 Å². The van der Waals surface area contributed by atoms with E-state index in [-0.39, 0.29) is 0 Å². The van der Waals surface area contributed by atoms with Gasteiger partial charge in [-0.05, 0) is 0 Å². The van der Waals surface area contributed by atoms with Gasteiger partial charge in [0.15, 0.2) is 23.3 Å². The van der Waals surface area contributed by atoms with Gasteiger partial charge in [-0.3, -0.25) is 0 Å². The van der Waals surface area contributed by atoms with E-state index in [1.54, 1.807) is 0 Å². The Morgan fingerprint density at radius 3 is 1.28 bits per heavy atom. The molecule has 0 heterocycles. The van der Waals surface area contributed by atoms with Crippen molar-refractivity contribution in [3.8, 4) is 0 Å². The first-order valence-electron chi connectivity index (χ1n) is 3.78. The van der Waals surface area contributed by atoms with Crippen molar-refractivity contribution in [3.63, 3.8) is 0 Å². The molecule has 0 unspecified atom stereocenters. The highest BCUT2D eigenvalue weighted by Gasteiger charge is 2.23. The Kier molecular flexibility index (Phi) is 6.05. The molecule has 0 amide bonds. The molecule has 0 fully saturated rings. The minimum absolute atomic E-state index is 0.566. The molecule has 0 saturated heterocycles. The molecule has 0 aliphatic heterocycles. The van der Waals surface area contributed by atoms with E-state index < -0.39 is 42.9 Å². The predicted molar refractivity (Wildman–Crippen MR) is 56.9 cm³/mol. The third kappa shape index (κ3) is 4.79. The minimum atomic E-state index is -3.72. The molecule has 1 aromatic carbocycles. The van der Waals surface area contributed by atoms with Crippen molar-refractivity contribution in [2.45, 2.75) is 0 Å². The van der Waals surface area contributed by atoms with Gasteiger partial charge < -0.3 is 0 Å². The lowest BCUT2D eigenvalue weighted by molar-refractivity contribution is 0.377. The van der Waals surface area contributed by atoms with E-state index in [0.717, 1.165) is 0 Å². The standard InChI is InChI=1S/C8H3F5.Cl2O2S/c1-2-3-4(9)6(11)8(13)7(12)5(3)10;1-5(2,3)4/h2H,1H2;. The number of benzene rings is 1. The number of hydrogen-bond donors (Lipinski definition) is 0. The fourth-order valence-electron chi connectivity index (χ4n) is 0.801. The molecule has 1 aromatic rings. The average molecular weight is 329 g/mol. The summed E-state index contributed by atoms with van der Waals surface area (Å²) >= 11 is 0.